The molecule has 0 saturated carbocycles. The second-order valence-corrected chi connectivity index (χ2v) is 12.8. The lowest BCUT2D eigenvalue weighted by Gasteiger charge is -2.25. The average molecular weight is 667 g/mol. The van der Waals surface area contributed by atoms with Crippen molar-refractivity contribution >= 4 is 40.4 Å². The Bertz CT molecular complexity index is 1740. The van der Waals surface area contributed by atoms with Crippen molar-refractivity contribution in [1.29, 1.82) is 0 Å². The minimum atomic E-state index is -3.99. The monoisotopic (exact) mass is 666 g/mol. The number of nitrogens with one attached hydrogen (secondary N) is 4. The van der Waals surface area contributed by atoms with Gasteiger partial charge in [-0.1, -0.05) is 54.6 Å². The topological polar surface area (TPSA) is 224 Å². The Kier molecular flexibility index (Phi) is 11.5. The Morgan fingerprint density at radius 1 is 0.891 bits per heavy atom. The van der Waals surface area contributed by atoms with Crippen molar-refractivity contribution < 1.29 is 33.6 Å². The molecule has 0 aliphatic rings. The lowest BCUT2D eigenvalue weighted by atomic mass is 10.0. The molecule has 3 aromatic carbocycles. The van der Waals surface area contributed by atoms with Gasteiger partial charge in [0.2, 0.25) is 27.7 Å². The van der Waals surface area contributed by atoms with Crippen LogP contribution < -0.4 is 26.8 Å². The SMILES string of the molecule is NS(=O)(=O)c1cccc([C@@H]([NH3+])[C@H](S)C(=O)NC(Cc2ccc(O)cc2)C(=O)NC(Cc2cnc[nH]2)C(=O)NCc2ccccc2)c1. The summed E-state index contributed by atoms with van der Waals surface area (Å²) in [5.41, 5.74) is 6.50. The molecule has 2 unspecified atom stereocenters. The number of aromatic nitrogens is 2. The van der Waals surface area contributed by atoms with E-state index >= 15 is 0 Å². The minimum absolute atomic E-state index is 0.0173. The van der Waals surface area contributed by atoms with Crippen molar-refractivity contribution in [3.63, 3.8) is 0 Å². The zero-order chi connectivity index (χ0) is 33.3. The predicted octanol–water partition coefficient (Wildman–Crippen LogP) is 0.116. The van der Waals surface area contributed by atoms with Gasteiger partial charge in [0.15, 0.2) is 0 Å². The van der Waals surface area contributed by atoms with E-state index in [1.165, 1.54) is 36.7 Å². The molecule has 1 heterocycles. The normalized spacial score (nSPS) is 14.0. The molecule has 0 saturated heterocycles. The molecule has 15 heteroatoms. The number of amides is 3. The van der Waals surface area contributed by atoms with Crippen molar-refractivity contribution in [3.8, 4) is 5.75 Å². The number of hydrogen-bond acceptors (Lipinski definition) is 8. The number of carbonyl (C=O) groups is 3. The maximum Gasteiger partial charge on any atom is 0.243 e. The molecular weight excluding hydrogens is 631 g/mol. The molecule has 242 valence electrons. The van der Waals surface area contributed by atoms with Crippen molar-refractivity contribution in [2.75, 3.05) is 0 Å². The first-order chi connectivity index (χ1) is 21.9. The van der Waals surface area contributed by atoms with E-state index in [-0.39, 0.29) is 30.0 Å². The summed E-state index contributed by atoms with van der Waals surface area (Å²) < 4.78 is 23.7. The largest absolute Gasteiger partial charge is 0.508 e. The zero-order valence-corrected chi connectivity index (χ0v) is 26.4. The number of nitrogens with two attached hydrogens (primary N) is 1. The molecule has 3 amide bonds. The first-order valence-corrected chi connectivity index (χ1v) is 16.3. The second kappa shape index (κ2) is 15.5. The molecular formula is C31H36N7O6S2+. The number of carbonyl (C=O) groups excluding carboxylic acids is 3. The number of benzene rings is 3. The summed E-state index contributed by atoms with van der Waals surface area (Å²) in [4.78, 5) is 47.3. The predicted molar refractivity (Wildman–Crippen MR) is 172 cm³/mol. The van der Waals surface area contributed by atoms with Crippen LogP contribution in [0.2, 0.25) is 0 Å². The minimum Gasteiger partial charge on any atom is -0.508 e. The van der Waals surface area contributed by atoms with Crippen molar-refractivity contribution in [3.05, 3.63) is 114 Å². The molecule has 13 nitrogen and oxygen atoms in total. The fourth-order valence-corrected chi connectivity index (χ4v) is 5.44. The van der Waals surface area contributed by atoms with Crippen LogP contribution in [0.4, 0.5) is 0 Å². The van der Waals surface area contributed by atoms with E-state index in [1.807, 2.05) is 30.3 Å². The molecule has 4 rings (SSSR count). The highest BCUT2D eigenvalue weighted by Gasteiger charge is 2.32. The van der Waals surface area contributed by atoms with E-state index in [0.29, 0.717) is 16.8 Å². The quantitative estimate of drug-likeness (QED) is 0.0867. The van der Waals surface area contributed by atoms with E-state index in [9.17, 15) is 27.9 Å². The van der Waals surface area contributed by atoms with Gasteiger partial charge in [-0.25, -0.2) is 18.5 Å². The van der Waals surface area contributed by atoms with Crippen LogP contribution >= 0.6 is 12.6 Å². The number of hydrogen-bond donors (Lipinski definition) is 8. The third kappa shape index (κ3) is 9.65. The number of quaternary nitrogens is 1. The number of H-pyrrole nitrogens is 1. The highest BCUT2D eigenvalue weighted by atomic mass is 32.2. The zero-order valence-electron chi connectivity index (χ0n) is 24.7. The summed E-state index contributed by atoms with van der Waals surface area (Å²) in [5.74, 6) is -1.71. The van der Waals surface area contributed by atoms with Crippen LogP contribution in [-0.4, -0.2) is 58.5 Å². The van der Waals surface area contributed by atoms with Crippen LogP contribution in [-0.2, 0) is 43.8 Å². The van der Waals surface area contributed by atoms with Crippen LogP contribution in [0.5, 0.6) is 5.75 Å². The highest BCUT2D eigenvalue weighted by Crippen LogP contribution is 2.20. The molecule has 0 aliphatic carbocycles. The van der Waals surface area contributed by atoms with Gasteiger partial charge in [0.25, 0.3) is 0 Å². The third-order valence-electron chi connectivity index (χ3n) is 7.20. The van der Waals surface area contributed by atoms with Gasteiger partial charge >= 0.3 is 0 Å². The molecule has 4 aromatic rings. The highest BCUT2D eigenvalue weighted by molar-refractivity contribution is 7.89. The number of phenols is 1. The molecule has 0 bridgehead atoms. The van der Waals surface area contributed by atoms with E-state index in [4.69, 9.17) is 5.14 Å². The van der Waals surface area contributed by atoms with Crippen molar-refractivity contribution in [1.82, 2.24) is 25.9 Å². The number of rotatable bonds is 14. The van der Waals surface area contributed by atoms with Crippen molar-refractivity contribution in [2.24, 2.45) is 5.14 Å². The maximum atomic E-state index is 13.8. The van der Waals surface area contributed by atoms with Gasteiger partial charge in [0, 0.05) is 36.8 Å². The van der Waals surface area contributed by atoms with E-state index in [0.717, 1.165) is 5.56 Å². The number of nitrogens with zero attached hydrogens (tertiary/aromatic N) is 1. The number of phenolic OH excluding ortho intramolecular Hbond substituents is 1. The summed E-state index contributed by atoms with van der Waals surface area (Å²) in [6.45, 7) is 0.238. The second-order valence-electron chi connectivity index (χ2n) is 10.6. The molecule has 0 fully saturated rings. The van der Waals surface area contributed by atoms with Crippen LogP contribution in [0.15, 0.2) is 96.3 Å². The number of imidazole rings is 1. The number of sulfonamides is 1. The summed E-state index contributed by atoms with van der Waals surface area (Å²) in [6, 6.07) is 18.1. The fraction of sp³-hybridized carbons (Fsp3) is 0.226. The number of aromatic amines is 1. The Morgan fingerprint density at radius 2 is 1.57 bits per heavy atom. The Balaban J connectivity index is 1.54. The Morgan fingerprint density at radius 3 is 2.22 bits per heavy atom. The van der Waals surface area contributed by atoms with E-state index < -0.39 is 51.1 Å². The fourth-order valence-electron chi connectivity index (χ4n) is 4.63. The van der Waals surface area contributed by atoms with Gasteiger partial charge in [-0.05, 0) is 35.4 Å². The smallest absolute Gasteiger partial charge is 0.243 e. The summed E-state index contributed by atoms with van der Waals surface area (Å²) >= 11 is 4.45. The molecule has 0 aliphatic heterocycles. The van der Waals surface area contributed by atoms with E-state index in [1.54, 1.807) is 24.4 Å². The van der Waals surface area contributed by atoms with Crippen molar-refractivity contribution in [2.45, 2.75) is 47.7 Å². The number of thiol groups is 1. The molecule has 4 atom stereocenters. The lowest BCUT2D eigenvalue weighted by Crippen LogP contribution is -2.62. The van der Waals surface area contributed by atoms with Gasteiger partial charge < -0.3 is 31.8 Å². The van der Waals surface area contributed by atoms with E-state index in [2.05, 4.69) is 44.3 Å². The Hall–Kier alpha value is -4.70. The van der Waals surface area contributed by atoms with Crippen LogP contribution in [0.1, 0.15) is 28.4 Å². The maximum absolute atomic E-state index is 13.8. The van der Waals surface area contributed by atoms with Gasteiger partial charge in [0.1, 0.15) is 29.1 Å². The first kappa shape index (κ1) is 34.2. The number of aromatic hydroxyl groups is 1. The molecule has 1 aromatic heterocycles. The third-order valence-corrected chi connectivity index (χ3v) is 8.70. The van der Waals surface area contributed by atoms with Gasteiger partial charge in [-0.3, -0.25) is 14.4 Å². The lowest BCUT2D eigenvalue weighted by molar-refractivity contribution is -0.423. The molecule has 0 spiro atoms. The summed E-state index contributed by atoms with van der Waals surface area (Å²) in [7, 11) is -3.99. The molecule has 10 N–H and O–H groups in total. The first-order valence-electron chi connectivity index (χ1n) is 14.2. The summed E-state index contributed by atoms with van der Waals surface area (Å²) in [6.07, 6.45) is 3.13. The van der Waals surface area contributed by atoms with Crippen LogP contribution in [0, 0.1) is 0 Å². The Labute approximate surface area is 271 Å². The van der Waals surface area contributed by atoms with Crippen LogP contribution in [0.25, 0.3) is 0 Å². The van der Waals surface area contributed by atoms with Gasteiger partial charge in [-0.2, -0.15) is 12.6 Å². The molecule has 0 radical (unpaired) electrons. The van der Waals surface area contributed by atoms with Gasteiger partial charge in [0.05, 0.1) is 11.2 Å². The van der Waals surface area contributed by atoms with Crippen LogP contribution in [0.3, 0.4) is 0 Å². The number of primary sulfonamides is 1. The standard InChI is InChI=1S/C31H35N7O6S2/c32-27(21-7-4-8-24(14-21)46(33,43)44)28(45)31(42)38-25(13-19-9-11-23(39)12-10-19)30(41)37-26(15-22-17-34-18-36-22)29(40)35-16-20-5-2-1-3-6-20/h1-12,14,17-18,25-28,39,45H,13,15-16,32H2,(H,34,36)(H,35,40)(H,37,41)(H,38,42)(H2,33,43,44)/p+1/t25?,26?,27-,28+/m1/s1. The summed E-state index contributed by atoms with van der Waals surface area (Å²) in [5, 5.41) is 22.2. The molecule has 46 heavy (non-hydrogen) atoms. The average Bonchev–Trinajstić information content (AvgIpc) is 3.56. The van der Waals surface area contributed by atoms with Gasteiger partial charge in [-0.15, -0.1) is 0 Å².